The van der Waals surface area contributed by atoms with Crippen molar-refractivity contribution < 1.29 is 9.53 Å². The Hall–Kier alpha value is -3.11. The summed E-state index contributed by atoms with van der Waals surface area (Å²) in [6.07, 6.45) is 2.61. The Morgan fingerprint density at radius 3 is 2.22 bits per heavy atom. The van der Waals surface area contributed by atoms with Gasteiger partial charge in [0.25, 0.3) is 0 Å². The van der Waals surface area contributed by atoms with Crippen LogP contribution in [0.15, 0.2) is 78.9 Å². The first kappa shape index (κ1) is 22.1. The fourth-order valence-corrected chi connectivity index (χ4v) is 4.74. The highest BCUT2D eigenvalue weighted by Crippen LogP contribution is 2.36. The van der Waals surface area contributed by atoms with Gasteiger partial charge in [0, 0.05) is 13.0 Å². The van der Waals surface area contributed by atoms with Crippen LogP contribution in [0.5, 0.6) is 5.75 Å². The lowest BCUT2D eigenvalue weighted by molar-refractivity contribution is -0.122. The van der Waals surface area contributed by atoms with Gasteiger partial charge in [-0.2, -0.15) is 0 Å². The molecule has 0 unspecified atom stereocenters. The number of rotatable bonds is 10. The van der Waals surface area contributed by atoms with Crippen molar-refractivity contribution in [2.24, 2.45) is 5.73 Å². The third-order valence-electron chi connectivity index (χ3n) is 6.67. The Morgan fingerprint density at radius 2 is 1.62 bits per heavy atom. The van der Waals surface area contributed by atoms with Crippen molar-refractivity contribution in [1.29, 1.82) is 0 Å². The minimum absolute atomic E-state index is 0.301. The van der Waals surface area contributed by atoms with Crippen molar-refractivity contribution in [3.63, 3.8) is 0 Å². The first-order chi connectivity index (χ1) is 15.6. The third-order valence-corrected chi connectivity index (χ3v) is 6.67. The fraction of sp³-hybridized carbons (Fsp3) is 0.321. The van der Waals surface area contributed by atoms with E-state index in [9.17, 15) is 4.79 Å². The van der Waals surface area contributed by atoms with Gasteiger partial charge in [-0.1, -0.05) is 79.7 Å². The molecule has 1 amide bonds. The first-order valence-electron chi connectivity index (χ1n) is 11.5. The molecule has 0 atom stereocenters. The number of nitrogens with two attached hydrogens (primary N) is 1. The number of nitrogens with zero attached hydrogens (tertiary/aromatic N) is 1. The highest BCUT2D eigenvalue weighted by Gasteiger charge is 2.40. The van der Waals surface area contributed by atoms with E-state index >= 15 is 0 Å². The topological polar surface area (TPSA) is 55.6 Å². The van der Waals surface area contributed by atoms with Gasteiger partial charge in [-0.05, 0) is 54.3 Å². The Morgan fingerprint density at radius 1 is 0.969 bits per heavy atom. The molecule has 4 heteroatoms. The second kappa shape index (κ2) is 10.0. The summed E-state index contributed by atoms with van der Waals surface area (Å²) in [6.45, 7) is 5.61. The summed E-state index contributed by atoms with van der Waals surface area (Å²) in [5.74, 6) is 0.725. The van der Waals surface area contributed by atoms with Crippen molar-refractivity contribution in [2.45, 2.75) is 31.6 Å². The number of hydrogen-bond acceptors (Lipinski definition) is 3. The van der Waals surface area contributed by atoms with Crippen molar-refractivity contribution in [3.8, 4) is 5.75 Å². The van der Waals surface area contributed by atoms with E-state index in [4.69, 9.17) is 10.5 Å². The predicted molar refractivity (Wildman–Crippen MR) is 129 cm³/mol. The van der Waals surface area contributed by atoms with Crippen LogP contribution in [-0.2, 0) is 23.1 Å². The van der Waals surface area contributed by atoms with Crippen LogP contribution in [0.1, 0.15) is 35.6 Å². The van der Waals surface area contributed by atoms with Gasteiger partial charge in [-0.15, -0.1) is 0 Å². The Kier molecular flexibility index (Phi) is 6.91. The largest absolute Gasteiger partial charge is 0.493 e. The molecule has 32 heavy (non-hydrogen) atoms. The molecular formula is C28H32N2O2. The summed E-state index contributed by atoms with van der Waals surface area (Å²) in [5, 5.41) is 0. The minimum Gasteiger partial charge on any atom is -0.493 e. The van der Waals surface area contributed by atoms with Gasteiger partial charge in [0.2, 0.25) is 5.91 Å². The van der Waals surface area contributed by atoms with Crippen molar-refractivity contribution in [3.05, 3.63) is 101 Å². The van der Waals surface area contributed by atoms with Crippen LogP contribution in [0.3, 0.4) is 0 Å². The van der Waals surface area contributed by atoms with Gasteiger partial charge < -0.3 is 15.4 Å². The summed E-state index contributed by atoms with van der Waals surface area (Å²) >= 11 is 0. The standard InChI is InChI=1S/C28H32N2O2/c1-2-30(18-15-22-13-14-26-23(21-22)16-20-32-26)19-17-28(27(29)31,24-9-5-3-6-10-24)25-11-7-4-8-12-25/h3-14,21H,2,15-20H2,1H3,(H2,29,31). The molecular weight excluding hydrogens is 396 g/mol. The number of primary amides is 1. The van der Waals surface area contributed by atoms with Crippen LogP contribution in [-0.4, -0.2) is 37.0 Å². The quantitative estimate of drug-likeness (QED) is 0.522. The van der Waals surface area contributed by atoms with Crippen molar-refractivity contribution >= 4 is 5.91 Å². The molecule has 0 bridgehead atoms. The molecule has 0 saturated heterocycles. The minimum atomic E-state index is -0.846. The van der Waals surface area contributed by atoms with Crippen LogP contribution >= 0.6 is 0 Å². The summed E-state index contributed by atoms with van der Waals surface area (Å²) in [7, 11) is 0. The second-order valence-electron chi connectivity index (χ2n) is 8.48. The average Bonchev–Trinajstić information content (AvgIpc) is 3.30. The number of carbonyl (C=O) groups is 1. The SMILES string of the molecule is CCN(CCc1ccc2c(c1)CCO2)CCC(C(N)=O)(c1ccccc1)c1ccccc1. The van der Waals surface area contributed by atoms with E-state index in [-0.39, 0.29) is 5.91 Å². The molecule has 3 aromatic rings. The number of likely N-dealkylation sites (N-methyl/N-ethyl adjacent to an activating group) is 1. The van der Waals surface area contributed by atoms with Crippen molar-refractivity contribution in [2.75, 3.05) is 26.2 Å². The molecule has 1 aliphatic rings. The lowest BCUT2D eigenvalue weighted by Gasteiger charge is -2.34. The Labute approximate surface area is 191 Å². The zero-order valence-corrected chi connectivity index (χ0v) is 18.8. The number of hydrogen-bond donors (Lipinski definition) is 1. The van der Waals surface area contributed by atoms with Crippen LogP contribution in [0.25, 0.3) is 0 Å². The second-order valence-corrected chi connectivity index (χ2v) is 8.48. The maximum absolute atomic E-state index is 13.0. The summed E-state index contributed by atoms with van der Waals surface area (Å²) in [5.41, 5.74) is 9.81. The molecule has 3 aromatic carbocycles. The summed E-state index contributed by atoms with van der Waals surface area (Å²) in [6, 6.07) is 26.4. The lowest BCUT2D eigenvalue weighted by Crippen LogP contribution is -2.45. The maximum atomic E-state index is 13.0. The van der Waals surface area contributed by atoms with Crippen molar-refractivity contribution in [1.82, 2.24) is 4.90 Å². The normalized spacial score (nSPS) is 13.1. The molecule has 1 heterocycles. The average molecular weight is 429 g/mol. The first-order valence-corrected chi connectivity index (χ1v) is 11.5. The maximum Gasteiger partial charge on any atom is 0.232 e. The molecule has 4 nitrogen and oxygen atoms in total. The number of carbonyl (C=O) groups excluding carboxylic acids is 1. The van der Waals surface area contributed by atoms with Gasteiger partial charge >= 0.3 is 0 Å². The number of benzene rings is 3. The monoisotopic (exact) mass is 428 g/mol. The smallest absolute Gasteiger partial charge is 0.232 e. The van der Waals surface area contributed by atoms with E-state index in [2.05, 4.69) is 30.0 Å². The Bertz CT molecular complexity index is 994. The molecule has 0 saturated carbocycles. The van der Waals surface area contributed by atoms with E-state index in [0.29, 0.717) is 6.42 Å². The summed E-state index contributed by atoms with van der Waals surface area (Å²) < 4.78 is 5.63. The molecule has 4 rings (SSSR count). The number of ether oxygens (including phenoxy) is 1. The van der Waals surface area contributed by atoms with Gasteiger partial charge in [0.05, 0.1) is 12.0 Å². The van der Waals surface area contributed by atoms with Crippen LogP contribution < -0.4 is 10.5 Å². The van der Waals surface area contributed by atoms with Crippen LogP contribution in [0, 0.1) is 0 Å². The zero-order valence-electron chi connectivity index (χ0n) is 18.8. The number of amides is 1. The fourth-order valence-electron chi connectivity index (χ4n) is 4.74. The van der Waals surface area contributed by atoms with Crippen LogP contribution in [0.4, 0.5) is 0 Å². The van der Waals surface area contributed by atoms with E-state index < -0.39 is 5.41 Å². The molecule has 0 aliphatic carbocycles. The van der Waals surface area contributed by atoms with Gasteiger partial charge in [-0.3, -0.25) is 4.79 Å². The molecule has 2 N–H and O–H groups in total. The highest BCUT2D eigenvalue weighted by atomic mass is 16.5. The lowest BCUT2D eigenvalue weighted by atomic mass is 9.71. The highest BCUT2D eigenvalue weighted by molar-refractivity contribution is 5.90. The zero-order chi connectivity index (χ0) is 22.4. The van der Waals surface area contributed by atoms with E-state index in [1.54, 1.807) is 0 Å². The molecule has 0 radical (unpaired) electrons. The molecule has 0 aromatic heterocycles. The van der Waals surface area contributed by atoms with Crippen LogP contribution in [0.2, 0.25) is 0 Å². The molecule has 166 valence electrons. The molecule has 0 spiro atoms. The van der Waals surface area contributed by atoms with E-state index in [0.717, 1.165) is 56.0 Å². The number of fused-ring (bicyclic) bond motifs is 1. The third kappa shape index (κ3) is 4.56. The van der Waals surface area contributed by atoms with E-state index in [1.165, 1.54) is 11.1 Å². The molecule has 0 fully saturated rings. The Balaban J connectivity index is 1.52. The van der Waals surface area contributed by atoms with E-state index in [1.807, 2.05) is 60.7 Å². The van der Waals surface area contributed by atoms with Gasteiger partial charge in [-0.25, -0.2) is 0 Å². The molecule has 1 aliphatic heterocycles. The van der Waals surface area contributed by atoms with Gasteiger partial charge in [0.1, 0.15) is 5.75 Å². The predicted octanol–water partition coefficient (Wildman–Crippen LogP) is 4.35. The summed E-state index contributed by atoms with van der Waals surface area (Å²) in [4.78, 5) is 15.4. The van der Waals surface area contributed by atoms with Gasteiger partial charge in [0.15, 0.2) is 0 Å².